The van der Waals surface area contributed by atoms with Gasteiger partial charge in [0.1, 0.15) is 0 Å². The van der Waals surface area contributed by atoms with Gasteiger partial charge in [-0.15, -0.1) is 0 Å². The maximum Gasteiger partial charge on any atom is 0.227 e. The van der Waals surface area contributed by atoms with E-state index in [0.717, 1.165) is 12.0 Å². The highest BCUT2D eigenvalue weighted by Crippen LogP contribution is 2.05. The molecule has 0 N–H and O–H groups in total. The van der Waals surface area contributed by atoms with Crippen molar-refractivity contribution in [2.75, 3.05) is 0 Å². The molecule has 0 unspecified atom stereocenters. The smallest absolute Gasteiger partial charge is 0.227 e. The SMILES string of the molecule is CCCCCc1cc[n+](CC(=O)c2ccccc2)cc1.[Cl-]. The van der Waals surface area contributed by atoms with Gasteiger partial charge in [0.2, 0.25) is 12.3 Å². The number of halogens is 1. The van der Waals surface area contributed by atoms with Crippen molar-refractivity contribution in [3.8, 4) is 0 Å². The first kappa shape index (κ1) is 17.4. The molecule has 0 bridgehead atoms. The van der Waals surface area contributed by atoms with Crippen molar-refractivity contribution in [3.63, 3.8) is 0 Å². The van der Waals surface area contributed by atoms with Crippen molar-refractivity contribution < 1.29 is 21.8 Å². The second-order valence-electron chi connectivity index (χ2n) is 5.13. The van der Waals surface area contributed by atoms with Crippen LogP contribution in [0.5, 0.6) is 0 Å². The van der Waals surface area contributed by atoms with Gasteiger partial charge in [-0.25, -0.2) is 0 Å². The average Bonchev–Trinajstić information content (AvgIpc) is 2.50. The molecule has 0 aliphatic heterocycles. The average molecular weight is 304 g/mol. The lowest BCUT2D eigenvalue weighted by molar-refractivity contribution is -0.683. The Hall–Kier alpha value is -1.67. The van der Waals surface area contributed by atoms with Crippen LogP contribution in [0, 0.1) is 0 Å². The van der Waals surface area contributed by atoms with E-state index in [0.29, 0.717) is 6.54 Å². The molecule has 1 aromatic heterocycles. The molecule has 0 saturated heterocycles. The molecule has 0 atom stereocenters. The Bertz CT molecular complexity index is 537. The molecule has 1 aromatic carbocycles. The van der Waals surface area contributed by atoms with Crippen LogP contribution in [-0.4, -0.2) is 5.78 Å². The number of hydrogen-bond donors (Lipinski definition) is 0. The Kier molecular flexibility index (Phi) is 7.70. The number of ketones is 1. The molecule has 0 spiro atoms. The molecule has 21 heavy (non-hydrogen) atoms. The molecule has 0 fully saturated rings. The van der Waals surface area contributed by atoms with Gasteiger partial charge in [0.05, 0.1) is 0 Å². The minimum atomic E-state index is 0. The molecule has 0 aliphatic carbocycles. The van der Waals surface area contributed by atoms with Gasteiger partial charge in [-0.1, -0.05) is 50.1 Å². The zero-order valence-corrected chi connectivity index (χ0v) is 13.2. The number of rotatable bonds is 7. The van der Waals surface area contributed by atoms with Gasteiger partial charge >= 0.3 is 0 Å². The van der Waals surface area contributed by atoms with Gasteiger partial charge in [0.15, 0.2) is 12.4 Å². The van der Waals surface area contributed by atoms with E-state index in [2.05, 4.69) is 19.1 Å². The van der Waals surface area contributed by atoms with Crippen LogP contribution >= 0.6 is 0 Å². The summed E-state index contributed by atoms with van der Waals surface area (Å²) in [6.07, 6.45) is 8.90. The van der Waals surface area contributed by atoms with E-state index in [-0.39, 0.29) is 18.2 Å². The lowest BCUT2D eigenvalue weighted by Crippen LogP contribution is -3.00. The quantitative estimate of drug-likeness (QED) is 0.417. The largest absolute Gasteiger partial charge is 1.00 e. The molecule has 0 aliphatic rings. The molecule has 0 saturated carbocycles. The summed E-state index contributed by atoms with van der Waals surface area (Å²) in [5.41, 5.74) is 2.12. The normalized spacial score (nSPS) is 9.95. The first-order chi connectivity index (χ1) is 9.79. The molecule has 0 radical (unpaired) electrons. The predicted octanol–water partition coefficient (Wildman–Crippen LogP) is 0.594. The van der Waals surface area contributed by atoms with Crippen molar-refractivity contribution in [2.45, 2.75) is 39.2 Å². The number of benzene rings is 1. The zero-order valence-electron chi connectivity index (χ0n) is 12.5. The van der Waals surface area contributed by atoms with Gasteiger partial charge in [-0.3, -0.25) is 4.79 Å². The lowest BCUT2D eigenvalue weighted by atomic mass is 10.1. The number of pyridine rings is 1. The van der Waals surface area contributed by atoms with Crippen LogP contribution in [0.1, 0.15) is 42.1 Å². The fourth-order valence-electron chi connectivity index (χ4n) is 2.22. The molecular weight excluding hydrogens is 282 g/mol. The van der Waals surface area contributed by atoms with Crippen LogP contribution in [0.3, 0.4) is 0 Å². The Labute approximate surface area is 133 Å². The highest BCUT2D eigenvalue weighted by molar-refractivity contribution is 5.94. The minimum absolute atomic E-state index is 0. The van der Waals surface area contributed by atoms with E-state index in [1.165, 1.54) is 24.8 Å². The van der Waals surface area contributed by atoms with E-state index >= 15 is 0 Å². The molecule has 112 valence electrons. The predicted molar refractivity (Wildman–Crippen MR) is 80.6 cm³/mol. The molecular formula is C18H22ClNO. The maximum atomic E-state index is 12.1. The van der Waals surface area contributed by atoms with E-state index in [1.54, 1.807) is 0 Å². The standard InChI is InChI=1S/C18H22NO.ClH/c1-2-3-5-8-16-11-13-19(14-12-16)15-18(20)17-9-6-4-7-10-17;/h4,6-7,9-14H,2-3,5,8,15H2,1H3;1H/q+1;/p-1. The van der Waals surface area contributed by atoms with Crippen LogP contribution in [0.25, 0.3) is 0 Å². The summed E-state index contributed by atoms with van der Waals surface area (Å²) < 4.78 is 1.94. The minimum Gasteiger partial charge on any atom is -1.00 e. The number of unbranched alkanes of at least 4 members (excludes halogenated alkanes) is 2. The van der Waals surface area contributed by atoms with Crippen molar-refractivity contribution in [3.05, 3.63) is 66.0 Å². The summed E-state index contributed by atoms with van der Waals surface area (Å²) in [5, 5.41) is 0. The fourth-order valence-corrected chi connectivity index (χ4v) is 2.22. The summed E-state index contributed by atoms with van der Waals surface area (Å²) in [5.74, 6) is 0.148. The molecule has 2 nitrogen and oxygen atoms in total. The molecule has 0 amide bonds. The van der Waals surface area contributed by atoms with Crippen molar-refractivity contribution in [1.29, 1.82) is 0 Å². The maximum absolute atomic E-state index is 12.1. The van der Waals surface area contributed by atoms with E-state index in [1.807, 2.05) is 47.3 Å². The van der Waals surface area contributed by atoms with Crippen LogP contribution in [0.15, 0.2) is 54.9 Å². The van der Waals surface area contributed by atoms with Gasteiger partial charge < -0.3 is 12.4 Å². The number of Topliss-reactive ketones (excluding diaryl/α,β-unsaturated/α-hetero) is 1. The second kappa shape index (κ2) is 9.30. The monoisotopic (exact) mass is 303 g/mol. The zero-order chi connectivity index (χ0) is 14.2. The van der Waals surface area contributed by atoms with E-state index < -0.39 is 0 Å². The molecule has 3 heteroatoms. The Morgan fingerprint density at radius 2 is 1.67 bits per heavy atom. The van der Waals surface area contributed by atoms with Gasteiger partial charge in [0, 0.05) is 17.7 Å². The highest BCUT2D eigenvalue weighted by atomic mass is 35.5. The van der Waals surface area contributed by atoms with E-state index in [9.17, 15) is 4.79 Å². The third kappa shape index (κ3) is 5.68. The Morgan fingerprint density at radius 3 is 2.29 bits per heavy atom. The van der Waals surface area contributed by atoms with Crippen molar-refractivity contribution in [1.82, 2.24) is 0 Å². The molecule has 2 rings (SSSR count). The number of aromatic nitrogens is 1. The van der Waals surface area contributed by atoms with Gasteiger partial charge in [0.25, 0.3) is 0 Å². The summed E-state index contributed by atoms with van der Waals surface area (Å²) in [7, 11) is 0. The first-order valence-electron chi connectivity index (χ1n) is 7.36. The molecule has 2 aromatic rings. The summed E-state index contributed by atoms with van der Waals surface area (Å²) >= 11 is 0. The van der Waals surface area contributed by atoms with Crippen LogP contribution in [-0.2, 0) is 13.0 Å². The lowest BCUT2D eigenvalue weighted by Gasteiger charge is -2.01. The van der Waals surface area contributed by atoms with Crippen molar-refractivity contribution in [2.24, 2.45) is 0 Å². The Morgan fingerprint density at radius 1 is 1.00 bits per heavy atom. The number of hydrogen-bond acceptors (Lipinski definition) is 1. The number of aryl methyl sites for hydroxylation is 1. The Balaban J connectivity index is 0.00000220. The number of carbonyl (C=O) groups is 1. The third-order valence-electron chi connectivity index (χ3n) is 3.45. The van der Waals surface area contributed by atoms with E-state index in [4.69, 9.17) is 0 Å². The summed E-state index contributed by atoms with van der Waals surface area (Å²) in [6.45, 7) is 2.62. The third-order valence-corrected chi connectivity index (χ3v) is 3.45. The number of carbonyl (C=O) groups excluding carboxylic acids is 1. The summed E-state index contributed by atoms with van der Waals surface area (Å²) in [6, 6.07) is 13.7. The van der Waals surface area contributed by atoms with Crippen LogP contribution < -0.4 is 17.0 Å². The van der Waals surface area contributed by atoms with Crippen LogP contribution in [0.4, 0.5) is 0 Å². The highest BCUT2D eigenvalue weighted by Gasteiger charge is 2.11. The molecule has 1 heterocycles. The van der Waals surface area contributed by atoms with Crippen molar-refractivity contribution >= 4 is 5.78 Å². The fraction of sp³-hybridized carbons (Fsp3) is 0.333. The summed E-state index contributed by atoms with van der Waals surface area (Å²) in [4.78, 5) is 12.1. The van der Waals surface area contributed by atoms with Gasteiger partial charge in [-0.05, 0) is 18.4 Å². The van der Waals surface area contributed by atoms with Crippen LogP contribution in [0.2, 0.25) is 0 Å². The first-order valence-corrected chi connectivity index (χ1v) is 7.36. The van der Waals surface area contributed by atoms with Gasteiger partial charge in [-0.2, -0.15) is 4.57 Å². The second-order valence-corrected chi connectivity index (χ2v) is 5.13. The topological polar surface area (TPSA) is 20.9 Å². The number of nitrogens with zero attached hydrogens (tertiary/aromatic N) is 1.